The number of aryl methyl sites for hydroxylation is 1. The summed E-state index contributed by atoms with van der Waals surface area (Å²) in [5, 5.41) is 4.32. The van der Waals surface area contributed by atoms with Gasteiger partial charge in [0.15, 0.2) is 6.29 Å². The van der Waals surface area contributed by atoms with E-state index in [2.05, 4.69) is 5.10 Å². The van der Waals surface area contributed by atoms with Crippen LogP contribution in [0.4, 0.5) is 0 Å². The van der Waals surface area contributed by atoms with Gasteiger partial charge >= 0.3 is 0 Å². The van der Waals surface area contributed by atoms with Gasteiger partial charge in [-0.25, -0.2) is 4.68 Å². The van der Waals surface area contributed by atoms with Crippen molar-refractivity contribution in [1.82, 2.24) is 9.78 Å². The van der Waals surface area contributed by atoms with Crippen molar-refractivity contribution in [2.75, 3.05) is 7.11 Å². The maximum atomic E-state index is 10.5. The molecule has 0 N–H and O–H groups in total. The molecule has 0 unspecified atom stereocenters. The Balaban J connectivity index is 3.08. The number of hydrogen-bond acceptors (Lipinski definition) is 3. The van der Waals surface area contributed by atoms with Gasteiger partial charge < -0.3 is 4.74 Å². The zero-order valence-corrected chi connectivity index (χ0v) is 7.63. The van der Waals surface area contributed by atoms with Crippen molar-refractivity contribution in [3.8, 4) is 0 Å². The molecule has 66 valence electrons. The highest BCUT2D eigenvalue weighted by Gasteiger charge is 2.11. The standard InChI is InChI=1S/C7H9ClN2O2/c1-5-6(3-11)7(8)10(9-5)4-12-2/h3H,4H2,1-2H3. The summed E-state index contributed by atoms with van der Waals surface area (Å²) >= 11 is 5.80. The Morgan fingerprint density at radius 2 is 2.42 bits per heavy atom. The van der Waals surface area contributed by atoms with E-state index in [1.54, 1.807) is 6.92 Å². The molecule has 0 aliphatic rings. The number of hydrogen-bond donors (Lipinski definition) is 0. The molecule has 1 aromatic rings. The van der Waals surface area contributed by atoms with E-state index in [0.717, 1.165) is 0 Å². The van der Waals surface area contributed by atoms with Crippen molar-refractivity contribution in [2.45, 2.75) is 13.7 Å². The first-order valence-corrected chi connectivity index (χ1v) is 3.75. The molecule has 0 radical (unpaired) electrons. The van der Waals surface area contributed by atoms with Crippen LogP contribution in [0.25, 0.3) is 0 Å². The molecule has 12 heavy (non-hydrogen) atoms. The zero-order chi connectivity index (χ0) is 9.14. The molecule has 5 heteroatoms. The topological polar surface area (TPSA) is 44.1 Å². The second-order valence-electron chi connectivity index (χ2n) is 2.33. The van der Waals surface area contributed by atoms with Gasteiger partial charge in [0.1, 0.15) is 11.9 Å². The monoisotopic (exact) mass is 188 g/mol. The molecule has 0 spiro atoms. The van der Waals surface area contributed by atoms with Gasteiger partial charge in [-0.15, -0.1) is 0 Å². The number of aldehydes is 1. The normalized spacial score (nSPS) is 10.2. The number of methoxy groups -OCH3 is 1. The Kier molecular flexibility index (Phi) is 2.83. The fraction of sp³-hybridized carbons (Fsp3) is 0.429. The molecule has 0 fully saturated rings. The lowest BCUT2D eigenvalue weighted by atomic mass is 10.3. The zero-order valence-electron chi connectivity index (χ0n) is 6.87. The first kappa shape index (κ1) is 9.22. The average molecular weight is 189 g/mol. The van der Waals surface area contributed by atoms with Crippen LogP contribution in [0.5, 0.6) is 0 Å². The number of halogens is 1. The number of carbonyl (C=O) groups excluding carboxylic acids is 1. The molecule has 0 aliphatic carbocycles. The van der Waals surface area contributed by atoms with Crippen LogP contribution in [0.3, 0.4) is 0 Å². The van der Waals surface area contributed by atoms with E-state index < -0.39 is 0 Å². The van der Waals surface area contributed by atoms with Gasteiger partial charge in [0.25, 0.3) is 0 Å². The van der Waals surface area contributed by atoms with Crippen LogP contribution in [0.15, 0.2) is 0 Å². The highest BCUT2D eigenvalue weighted by atomic mass is 35.5. The molecule has 0 saturated carbocycles. The Morgan fingerprint density at radius 3 is 2.83 bits per heavy atom. The largest absolute Gasteiger partial charge is 0.362 e. The second kappa shape index (κ2) is 3.69. The Morgan fingerprint density at radius 1 is 1.75 bits per heavy atom. The molecule has 1 heterocycles. The van der Waals surface area contributed by atoms with E-state index in [1.807, 2.05) is 0 Å². The van der Waals surface area contributed by atoms with Crippen LogP contribution in [0, 0.1) is 6.92 Å². The van der Waals surface area contributed by atoms with Gasteiger partial charge in [-0.05, 0) is 6.92 Å². The number of ether oxygens (including phenoxy) is 1. The molecule has 0 atom stereocenters. The quantitative estimate of drug-likeness (QED) is 0.671. The van der Waals surface area contributed by atoms with E-state index in [0.29, 0.717) is 22.7 Å². The number of nitrogens with zero attached hydrogens (tertiary/aromatic N) is 2. The third-order valence-electron chi connectivity index (χ3n) is 1.48. The minimum atomic E-state index is 0.257. The van der Waals surface area contributed by atoms with Gasteiger partial charge in [-0.3, -0.25) is 4.79 Å². The van der Waals surface area contributed by atoms with E-state index in [4.69, 9.17) is 16.3 Å². The van der Waals surface area contributed by atoms with Crippen molar-refractivity contribution in [2.24, 2.45) is 0 Å². The molecular weight excluding hydrogens is 180 g/mol. The highest BCUT2D eigenvalue weighted by molar-refractivity contribution is 6.32. The summed E-state index contributed by atoms with van der Waals surface area (Å²) in [7, 11) is 1.54. The predicted octanol–water partition coefficient (Wildman–Crippen LogP) is 1.26. The lowest BCUT2D eigenvalue weighted by Gasteiger charge is -1.98. The summed E-state index contributed by atoms with van der Waals surface area (Å²) in [6, 6.07) is 0. The molecule has 0 saturated heterocycles. The second-order valence-corrected chi connectivity index (χ2v) is 2.68. The van der Waals surface area contributed by atoms with Crippen LogP contribution in [0.2, 0.25) is 5.15 Å². The fourth-order valence-electron chi connectivity index (χ4n) is 0.909. The number of aromatic nitrogens is 2. The first-order valence-electron chi connectivity index (χ1n) is 3.37. The van der Waals surface area contributed by atoms with Crippen molar-refractivity contribution >= 4 is 17.9 Å². The van der Waals surface area contributed by atoms with Crippen molar-refractivity contribution in [3.05, 3.63) is 16.4 Å². The van der Waals surface area contributed by atoms with Crippen LogP contribution in [-0.4, -0.2) is 23.2 Å². The summed E-state index contributed by atoms with van der Waals surface area (Å²) in [6.45, 7) is 1.98. The number of carbonyl (C=O) groups is 1. The minimum Gasteiger partial charge on any atom is -0.362 e. The van der Waals surface area contributed by atoms with Crippen molar-refractivity contribution in [3.63, 3.8) is 0 Å². The Labute approximate surface area is 75.1 Å². The molecule has 4 nitrogen and oxygen atoms in total. The summed E-state index contributed by atoms with van der Waals surface area (Å²) < 4.78 is 6.25. The van der Waals surface area contributed by atoms with Gasteiger partial charge in [0.2, 0.25) is 0 Å². The average Bonchev–Trinajstić information content (AvgIpc) is 2.29. The van der Waals surface area contributed by atoms with Crippen LogP contribution >= 0.6 is 11.6 Å². The van der Waals surface area contributed by atoms with E-state index in [-0.39, 0.29) is 6.73 Å². The summed E-state index contributed by atoms with van der Waals surface area (Å²) in [4.78, 5) is 10.5. The van der Waals surface area contributed by atoms with Crippen LogP contribution in [0.1, 0.15) is 16.1 Å². The van der Waals surface area contributed by atoms with E-state index >= 15 is 0 Å². The van der Waals surface area contributed by atoms with Crippen LogP contribution in [-0.2, 0) is 11.5 Å². The SMILES string of the molecule is COCn1nc(C)c(C=O)c1Cl. The summed E-state index contributed by atoms with van der Waals surface area (Å²) in [5.41, 5.74) is 1.04. The highest BCUT2D eigenvalue weighted by Crippen LogP contribution is 2.16. The minimum absolute atomic E-state index is 0.257. The molecule has 0 bridgehead atoms. The molecule has 1 rings (SSSR count). The molecule has 0 aromatic carbocycles. The molecular formula is C7H9ClN2O2. The van der Waals surface area contributed by atoms with Crippen LogP contribution < -0.4 is 0 Å². The summed E-state index contributed by atoms with van der Waals surface area (Å²) in [5.74, 6) is 0. The third kappa shape index (κ3) is 1.49. The van der Waals surface area contributed by atoms with Crippen molar-refractivity contribution < 1.29 is 9.53 Å². The van der Waals surface area contributed by atoms with Gasteiger partial charge in [-0.2, -0.15) is 5.10 Å². The molecule has 0 amide bonds. The predicted molar refractivity (Wildman–Crippen MR) is 44.4 cm³/mol. The lowest BCUT2D eigenvalue weighted by Crippen LogP contribution is -2.01. The maximum Gasteiger partial charge on any atom is 0.155 e. The first-order chi connectivity index (χ1) is 5.70. The molecule has 1 aromatic heterocycles. The fourth-order valence-corrected chi connectivity index (χ4v) is 1.18. The van der Waals surface area contributed by atoms with Crippen molar-refractivity contribution in [1.29, 1.82) is 0 Å². The Bertz CT molecular complexity index is 296. The van der Waals surface area contributed by atoms with Gasteiger partial charge in [-0.1, -0.05) is 11.6 Å². The maximum absolute atomic E-state index is 10.5. The van der Waals surface area contributed by atoms with Gasteiger partial charge in [0, 0.05) is 7.11 Å². The summed E-state index contributed by atoms with van der Waals surface area (Å²) in [6.07, 6.45) is 0.691. The lowest BCUT2D eigenvalue weighted by molar-refractivity contribution is 0.112. The van der Waals surface area contributed by atoms with Gasteiger partial charge in [0.05, 0.1) is 11.3 Å². The smallest absolute Gasteiger partial charge is 0.155 e. The van der Waals surface area contributed by atoms with E-state index in [9.17, 15) is 4.79 Å². The molecule has 0 aliphatic heterocycles. The number of rotatable bonds is 3. The third-order valence-corrected chi connectivity index (χ3v) is 1.88. The van der Waals surface area contributed by atoms with E-state index in [1.165, 1.54) is 11.8 Å². The Hall–Kier alpha value is -0.870.